The van der Waals surface area contributed by atoms with E-state index in [1.54, 1.807) is 18.3 Å². The molecule has 2 aromatic rings. The molecule has 0 saturated heterocycles. The molecule has 0 spiro atoms. The van der Waals surface area contributed by atoms with Gasteiger partial charge in [0.25, 0.3) is 0 Å². The molecule has 0 saturated carbocycles. The number of aromatic nitrogens is 2. The third-order valence-electron chi connectivity index (χ3n) is 3.27. The summed E-state index contributed by atoms with van der Waals surface area (Å²) in [5.41, 5.74) is 1.56. The molecule has 0 fully saturated rings. The molecule has 0 unspecified atom stereocenters. The largest absolute Gasteiger partial charge is 0.297 e. The molecule has 0 aliphatic carbocycles. The molecule has 2 rings (SSSR count). The summed E-state index contributed by atoms with van der Waals surface area (Å²) in [7, 11) is -0.572. The van der Waals surface area contributed by atoms with E-state index in [1.807, 2.05) is 16.8 Å². The fourth-order valence-corrected chi connectivity index (χ4v) is 6.69. The van der Waals surface area contributed by atoms with Crippen LogP contribution in [0.3, 0.4) is 0 Å². The maximum Gasteiger partial charge on any atom is 0.147 e. The van der Waals surface area contributed by atoms with Gasteiger partial charge in [0, 0.05) is 12.4 Å². The topological polar surface area (TPSA) is 17.8 Å². The summed E-state index contributed by atoms with van der Waals surface area (Å²) < 4.78 is 16.1. The van der Waals surface area contributed by atoms with Crippen LogP contribution >= 0.6 is 7.92 Å². The van der Waals surface area contributed by atoms with Crippen LogP contribution in [0, 0.1) is 5.82 Å². The van der Waals surface area contributed by atoms with Gasteiger partial charge in [-0.25, -0.2) is 9.37 Å². The lowest BCUT2D eigenvalue weighted by Crippen LogP contribution is -2.35. The molecule has 0 amide bonds. The average molecular weight is 306 g/mol. The first-order valence-electron chi connectivity index (χ1n) is 7.21. The zero-order valence-electron chi connectivity index (χ0n) is 13.7. The molecule has 0 atom stereocenters. The highest BCUT2D eigenvalue weighted by atomic mass is 31.1. The smallest absolute Gasteiger partial charge is 0.147 e. The zero-order valence-corrected chi connectivity index (χ0v) is 14.6. The second kappa shape index (κ2) is 5.53. The van der Waals surface area contributed by atoms with Crippen molar-refractivity contribution in [2.45, 2.75) is 51.9 Å². The summed E-state index contributed by atoms with van der Waals surface area (Å²) in [6.45, 7) is 13.4. The molecule has 1 heterocycles. The predicted octanol–water partition coefficient (Wildman–Crippen LogP) is 4.72. The van der Waals surface area contributed by atoms with E-state index < -0.39 is 7.92 Å². The minimum absolute atomic E-state index is 0.0992. The molecule has 114 valence electrons. The minimum Gasteiger partial charge on any atom is -0.297 e. The van der Waals surface area contributed by atoms with Crippen LogP contribution in [0.5, 0.6) is 0 Å². The van der Waals surface area contributed by atoms with Gasteiger partial charge in [0.2, 0.25) is 0 Å². The Labute approximate surface area is 128 Å². The zero-order chi connectivity index (χ0) is 15.8. The van der Waals surface area contributed by atoms with Crippen LogP contribution < -0.4 is 5.57 Å². The Morgan fingerprint density at radius 2 is 1.57 bits per heavy atom. The number of hydrogen-bond acceptors (Lipinski definition) is 1. The lowest BCUT2D eigenvalue weighted by molar-refractivity contribution is 0.619. The Morgan fingerprint density at radius 3 is 2.10 bits per heavy atom. The molecular formula is C17H24FN2P. The summed E-state index contributed by atoms with van der Waals surface area (Å²) in [4.78, 5) is 4.59. The van der Waals surface area contributed by atoms with Crippen molar-refractivity contribution in [1.82, 2.24) is 9.55 Å². The minimum atomic E-state index is -0.572. The van der Waals surface area contributed by atoms with Crippen molar-refractivity contribution in [3.05, 3.63) is 42.5 Å². The number of halogens is 1. The fraction of sp³-hybridized carbons (Fsp3) is 0.471. The Balaban J connectivity index is 2.61. The molecule has 0 aliphatic heterocycles. The van der Waals surface area contributed by atoms with Crippen LogP contribution in [-0.2, 0) is 0 Å². The fourth-order valence-electron chi connectivity index (χ4n) is 2.90. The van der Waals surface area contributed by atoms with Crippen molar-refractivity contribution in [1.29, 1.82) is 0 Å². The average Bonchev–Trinajstić information content (AvgIpc) is 2.74. The van der Waals surface area contributed by atoms with Gasteiger partial charge >= 0.3 is 0 Å². The monoisotopic (exact) mass is 306 g/mol. The SMILES string of the molecule is CC(C)(C)P(c1nccn1-c1ccccc1F)C(C)(C)C. The van der Waals surface area contributed by atoms with E-state index in [2.05, 4.69) is 46.5 Å². The Kier molecular flexibility index (Phi) is 4.26. The van der Waals surface area contributed by atoms with Gasteiger partial charge in [0.05, 0.1) is 5.69 Å². The highest BCUT2D eigenvalue weighted by Crippen LogP contribution is 2.57. The molecule has 0 radical (unpaired) electrons. The highest BCUT2D eigenvalue weighted by Gasteiger charge is 2.38. The van der Waals surface area contributed by atoms with Crippen molar-refractivity contribution in [3.8, 4) is 5.69 Å². The lowest BCUT2D eigenvalue weighted by Gasteiger charge is -2.40. The summed E-state index contributed by atoms with van der Waals surface area (Å²) in [5.74, 6) is -0.213. The molecular weight excluding hydrogens is 282 g/mol. The maximum absolute atomic E-state index is 14.1. The molecule has 1 aromatic heterocycles. The number of benzene rings is 1. The van der Waals surface area contributed by atoms with E-state index in [-0.39, 0.29) is 16.1 Å². The molecule has 2 nitrogen and oxygen atoms in total. The van der Waals surface area contributed by atoms with Crippen LogP contribution in [0.25, 0.3) is 5.69 Å². The van der Waals surface area contributed by atoms with Gasteiger partial charge in [-0.2, -0.15) is 0 Å². The highest BCUT2D eigenvalue weighted by molar-refractivity contribution is 7.68. The van der Waals surface area contributed by atoms with E-state index in [1.165, 1.54) is 6.07 Å². The number of rotatable bonds is 2. The van der Waals surface area contributed by atoms with Crippen LogP contribution in [0.4, 0.5) is 4.39 Å². The van der Waals surface area contributed by atoms with Crippen molar-refractivity contribution in [3.63, 3.8) is 0 Å². The maximum atomic E-state index is 14.1. The van der Waals surface area contributed by atoms with Crippen molar-refractivity contribution >= 4 is 13.5 Å². The van der Waals surface area contributed by atoms with E-state index in [0.717, 1.165) is 5.57 Å². The van der Waals surface area contributed by atoms with Crippen LogP contribution in [0.1, 0.15) is 41.5 Å². The third kappa shape index (κ3) is 3.35. The summed E-state index contributed by atoms with van der Waals surface area (Å²) >= 11 is 0. The second-order valence-corrected chi connectivity index (χ2v) is 11.0. The molecule has 0 N–H and O–H groups in total. The number of imidazole rings is 1. The van der Waals surface area contributed by atoms with Gasteiger partial charge in [-0.1, -0.05) is 53.7 Å². The van der Waals surface area contributed by atoms with Crippen molar-refractivity contribution in [2.24, 2.45) is 0 Å². The lowest BCUT2D eigenvalue weighted by atomic mass is 10.2. The normalized spacial score (nSPS) is 13.0. The Bertz CT molecular complexity index is 606. The van der Waals surface area contributed by atoms with E-state index >= 15 is 0 Å². The summed E-state index contributed by atoms with van der Waals surface area (Å²) in [6, 6.07) is 6.87. The van der Waals surface area contributed by atoms with Gasteiger partial charge < -0.3 is 0 Å². The van der Waals surface area contributed by atoms with Crippen LogP contribution in [-0.4, -0.2) is 19.9 Å². The van der Waals surface area contributed by atoms with Gasteiger partial charge in [0.1, 0.15) is 11.4 Å². The Morgan fingerprint density at radius 1 is 1.00 bits per heavy atom. The number of para-hydroxylation sites is 1. The van der Waals surface area contributed by atoms with Gasteiger partial charge in [0.15, 0.2) is 0 Å². The van der Waals surface area contributed by atoms with Gasteiger partial charge in [-0.3, -0.25) is 4.57 Å². The molecule has 1 aromatic carbocycles. The van der Waals surface area contributed by atoms with Crippen LogP contribution in [0.15, 0.2) is 36.7 Å². The molecule has 0 bridgehead atoms. The van der Waals surface area contributed by atoms with Crippen molar-refractivity contribution < 1.29 is 4.39 Å². The first kappa shape index (κ1) is 16.2. The summed E-state index contributed by atoms with van der Waals surface area (Å²) in [6.07, 6.45) is 3.63. The number of hydrogen-bond donors (Lipinski definition) is 0. The molecule has 0 aliphatic rings. The molecule has 4 heteroatoms. The second-order valence-electron chi connectivity index (χ2n) is 7.23. The van der Waals surface area contributed by atoms with Crippen molar-refractivity contribution in [2.75, 3.05) is 0 Å². The Hall–Kier alpha value is -1.21. The van der Waals surface area contributed by atoms with E-state index in [9.17, 15) is 4.39 Å². The quantitative estimate of drug-likeness (QED) is 0.734. The molecule has 21 heavy (non-hydrogen) atoms. The van der Waals surface area contributed by atoms with Gasteiger partial charge in [-0.15, -0.1) is 0 Å². The summed E-state index contributed by atoms with van der Waals surface area (Å²) in [5, 5.41) is 0.198. The third-order valence-corrected chi connectivity index (χ3v) is 6.69. The van der Waals surface area contributed by atoms with Gasteiger partial charge in [-0.05, 0) is 30.4 Å². The predicted molar refractivity (Wildman–Crippen MR) is 89.6 cm³/mol. The number of nitrogens with zero attached hydrogens (tertiary/aromatic N) is 2. The van der Waals surface area contributed by atoms with Crippen LogP contribution in [0.2, 0.25) is 0 Å². The first-order chi connectivity index (χ1) is 9.62. The standard InChI is InChI=1S/C17H24FN2P/c1-16(2,3)21(17(4,5)6)15-19-11-12-20(15)14-10-8-7-9-13(14)18/h7-12H,1-6H3. The van der Waals surface area contributed by atoms with E-state index in [4.69, 9.17) is 0 Å². The first-order valence-corrected chi connectivity index (χ1v) is 8.55. The van der Waals surface area contributed by atoms with E-state index in [0.29, 0.717) is 5.69 Å².